The number of carboxylic acid groups (broad SMARTS) is 1. The van der Waals surface area contributed by atoms with E-state index in [9.17, 15) is 19.5 Å². The number of thiophene rings is 1. The van der Waals surface area contributed by atoms with Crippen LogP contribution in [0.3, 0.4) is 0 Å². The average Bonchev–Trinajstić information content (AvgIpc) is 3.63. The molecule has 12 heteroatoms. The van der Waals surface area contributed by atoms with Crippen molar-refractivity contribution >= 4 is 45.2 Å². The number of hydrogen-bond acceptors (Lipinski definition) is 7. The molecule has 2 atom stereocenters. The normalized spacial score (nSPS) is 12.6. The molecule has 0 spiro atoms. The number of rotatable bonds is 13. The summed E-state index contributed by atoms with van der Waals surface area (Å²) in [5.74, 6) is -1.67. The van der Waals surface area contributed by atoms with E-state index in [-0.39, 0.29) is 41.6 Å². The first kappa shape index (κ1) is 32.2. The topological polar surface area (TPSA) is 166 Å². The molecular weight excluding hydrogens is 580 g/mol. The van der Waals surface area contributed by atoms with E-state index in [0.29, 0.717) is 29.8 Å². The van der Waals surface area contributed by atoms with Gasteiger partial charge in [-0.15, -0.1) is 11.3 Å². The molecule has 4 aromatic rings. The Bertz CT molecular complexity index is 1600. The number of benzene rings is 2. The number of oxazole rings is 1. The molecule has 11 nitrogen and oxygen atoms in total. The summed E-state index contributed by atoms with van der Waals surface area (Å²) in [6.45, 7) is 4.39. The molecule has 0 radical (unpaired) electrons. The van der Waals surface area contributed by atoms with Crippen LogP contribution < -0.4 is 11.1 Å². The first-order valence-electron chi connectivity index (χ1n) is 14.4. The van der Waals surface area contributed by atoms with Crippen LogP contribution in [0.5, 0.6) is 0 Å². The fourth-order valence-electron chi connectivity index (χ4n) is 4.87. The summed E-state index contributed by atoms with van der Waals surface area (Å²) in [5.41, 5.74) is 6.05. The van der Waals surface area contributed by atoms with Gasteiger partial charge in [0.2, 0.25) is 5.89 Å². The number of likely N-dealkylation sites (N-methyl/N-ethyl adjacent to an activating group) is 1. The number of amides is 2. The Hall–Kier alpha value is -4.71. The quantitative estimate of drug-likeness (QED) is 0.117. The highest BCUT2D eigenvalue weighted by molar-refractivity contribution is 7.20. The number of nitrogens with zero attached hydrogens (tertiary/aromatic N) is 3. The van der Waals surface area contributed by atoms with Crippen LogP contribution in [0.2, 0.25) is 0 Å². The minimum absolute atomic E-state index is 0.0364. The van der Waals surface area contributed by atoms with E-state index in [1.807, 2.05) is 50.2 Å². The highest BCUT2D eigenvalue weighted by Crippen LogP contribution is 2.32. The highest BCUT2D eigenvalue weighted by Gasteiger charge is 2.33. The van der Waals surface area contributed by atoms with E-state index in [1.54, 1.807) is 31.3 Å². The van der Waals surface area contributed by atoms with Crippen molar-refractivity contribution in [3.05, 3.63) is 77.1 Å². The molecule has 232 valence electrons. The Morgan fingerprint density at radius 1 is 1.09 bits per heavy atom. The molecular formula is C32H38N6O5S. The lowest BCUT2D eigenvalue weighted by Gasteiger charge is -2.25. The number of hydrogen-bond donors (Lipinski definition) is 4. The Balaban J connectivity index is 1.66. The van der Waals surface area contributed by atoms with Crippen LogP contribution in [0.4, 0.5) is 0 Å². The molecule has 0 aliphatic heterocycles. The van der Waals surface area contributed by atoms with Gasteiger partial charge in [-0.05, 0) is 42.7 Å². The maximum absolute atomic E-state index is 13.9. The van der Waals surface area contributed by atoms with E-state index in [1.165, 1.54) is 23.3 Å². The number of carbonyl (C=O) groups excluding carboxylic acids is 2. The summed E-state index contributed by atoms with van der Waals surface area (Å²) < 4.78 is 7.25. The SMILES string of the molecule is CC(C)C[C@H](NC(=O)c1cc2ccccc2s1)c1nc(C(=O)N(C)[C@@H](CCCN(C)C(=N)N)C(=O)O)c(-c2ccccc2)o1. The van der Waals surface area contributed by atoms with Crippen molar-refractivity contribution in [1.29, 1.82) is 5.41 Å². The van der Waals surface area contributed by atoms with Crippen molar-refractivity contribution in [2.24, 2.45) is 11.7 Å². The number of aromatic nitrogens is 1. The van der Waals surface area contributed by atoms with Gasteiger partial charge in [-0.2, -0.15) is 0 Å². The molecule has 4 rings (SSSR count). The van der Waals surface area contributed by atoms with Crippen LogP contribution in [0.15, 0.2) is 65.1 Å². The third-order valence-electron chi connectivity index (χ3n) is 7.30. The van der Waals surface area contributed by atoms with Crippen LogP contribution in [0.1, 0.15) is 65.2 Å². The van der Waals surface area contributed by atoms with Crippen LogP contribution in [-0.2, 0) is 4.79 Å². The molecule has 0 saturated carbocycles. The third kappa shape index (κ3) is 7.62. The summed E-state index contributed by atoms with van der Waals surface area (Å²) in [5, 5.41) is 21.5. The van der Waals surface area contributed by atoms with Crippen molar-refractivity contribution in [3.63, 3.8) is 0 Å². The maximum Gasteiger partial charge on any atom is 0.326 e. The van der Waals surface area contributed by atoms with Crippen LogP contribution in [-0.4, -0.2) is 70.3 Å². The highest BCUT2D eigenvalue weighted by atomic mass is 32.1. The zero-order valence-corrected chi connectivity index (χ0v) is 26.1. The molecule has 5 N–H and O–H groups in total. The van der Waals surface area contributed by atoms with Gasteiger partial charge in [-0.1, -0.05) is 62.4 Å². The largest absolute Gasteiger partial charge is 0.480 e. The summed E-state index contributed by atoms with van der Waals surface area (Å²) >= 11 is 1.39. The summed E-state index contributed by atoms with van der Waals surface area (Å²) in [6, 6.07) is 16.8. The molecule has 0 aliphatic carbocycles. The monoisotopic (exact) mass is 618 g/mol. The first-order chi connectivity index (χ1) is 21.0. The van der Waals surface area contributed by atoms with Crippen LogP contribution in [0, 0.1) is 11.3 Å². The lowest BCUT2D eigenvalue weighted by Crippen LogP contribution is -2.43. The zero-order chi connectivity index (χ0) is 32.0. The predicted octanol–water partition coefficient (Wildman–Crippen LogP) is 5.20. The van der Waals surface area contributed by atoms with Gasteiger partial charge in [0.1, 0.15) is 12.1 Å². The van der Waals surface area contributed by atoms with Gasteiger partial charge in [0.25, 0.3) is 11.8 Å². The van der Waals surface area contributed by atoms with Gasteiger partial charge in [-0.3, -0.25) is 15.0 Å². The van der Waals surface area contributed by atoms with Crippen molar-refractivity contribution in [3.8, 4) is 11.3 Å². The smallest absolute Gasteiger partial charge is 0.326 e. The fraction of sp³-hybridized carbons (Fsp3) is 0.344. The van der Waals surface area contributed by atoms with E-state index in [4.69, 9.17) is 15.6 Å². The van der Waals surface area contributed by atoms with Gasteiger partial charge < -0.3 is 30.4 Å². The van der Waals surface area contributed by atoms with E-state index in [2.05, 4.69) is 10.3 Å². The number of carbonyl (C=O) groups is 3. The van der Waals surface area contributed by atoms with Gasteiger partial charge in [0.15, 0.2) is 17.4 Å². The Kier molecular flexibility index (Phi) is 10.4. The molecule has 0 aliphatic rings. The zero-order valence-electron chi connectivity index (χ0n) is 25.2. The summed E-state index contributed by atoms with van der Waals surface area (Å²) in [6.07, 6.45) is 1.03. The second-order valence-corrected chi connectivity index (χ2v) is 12.2. The molecule has 2 heterocycles. The van der Waals surface area contributed by atoms with Gasteiger partial charge in [-0.25, -0.2) is 9.78 Å². The molecule has 2 aromatic heterocycles. The molecule has 2 aromatic carbocycles. The lowest BCUT2D eigenvalue weighted by atomic mass is 10.0. The second kappa shape index (κ2) is 14.2. The Morgan fingerprint density at radius 2 is 1.77 bits per heavy atom. The molecule has 0 unspecified atom stereocenters. The first-order valence-corrected chi connectivity index (χ1v) is 15.2. The molecule has 0 fully saturated rings. The predicted molar refractivity (Wildman–Crippen MR) is 171 cm³/mol. The number of nitrogens with two attached hydrogens (primary N) is 1. The van der Waals surface area contributed by atoms with E-state index >= 15 is 0 Å². The minimum Gasteiger partial charge on any atom is -0.480 e. The number of guanidine groups is 1. The molecule has 0 saturated heterocycles. The summed E-state index contributed by atoms with van der Waals surface area (Å²) in [7, 11) is 3.07. The van der Waals surface area contributed by atoms with Crippen molar-refractivity contribution in [2.75, 3.05) is 20.6 Å². The second-order valence-electron chi connectivity index (χ2n) is 11.1. The van der Waals surface area contributed by atoms with Gasteiger partial charge in [0, 0.05) is 30.9 Å². The van der Waals surface area contributed by atoms with Crippen LogP contribution >= 0.6 is 11.3 Å². The summed E-state index contributed by atoms with van der Waals surface area (Å²) in [4.78, 5) is 47.3. The average molecular weight is 619 g/mol. The minimum atomic E-state index is -1.16. The number of carboxylic acids is 1. The fourth-order valence-corrected chi connectivity index (χ4v) is 5.83. The maximum atomic E-state index is 13.9. The van der Waals surface area contributed by atoms with E-state index in [0.717, 1.165) is 15.0 Å². The van der Waals surface area contributed by atoms with Gasteiger partial charge in [0.05, 0.1) is 4.88 Å². The number of nitrogens with one attached hydrogen (secondary N) is 2. The van der Waals surface area contributed by atoms with Gasteiger partial charge >= 0.3 is 5.97 Å². The molecule has 0 bridgehead atoms. The van der Waals surface area contributed by atoms with Crippen LogP contribution in [0.25, 0.3) is 21.4 Å². The van der Waals surface area contributed by atoms with Crippen molar-refractivity contribution < 1.29 is 23.9 Å². The van der Waals surface area contributed by atoms with Crippen molar-refractivity contribution in [2.45, 2.75) is 45.2 Å². The third-order valence-corrected chi connectivity index (χ3v) is 8.41. The standard InChI is InChI=1S/C32H38N6O5S/c1-19(2)17-22(35-28(39)25-18-21-13-8-9-15-24(21)44-25)29-36-26(27(43-29)20-11-6-5-7-12-20)30(40)38(4)23(31(41)42)14-10-16-37(3)32(33)34/h5-9,11-13,15,18-19,22-23H,10,14,16-17H2,1-4H3,(H3,33,34)(H,35,39)(H,41,42)/t22-,23-/m0/s1. The van der Waals surface area contributed by atoms with E-state index < -0.39 is 24.0 Å². The lowest BCUT2D eigenvalue weighted by molar-refractivity contribution is -0.142. The van der Waals surface area contributed by atoms with Crippen molar-refractivity contribution in [1.82, 2.24) is 20.1 Å². The number of fused-ring (bicyclic) bond motifs is 1. The Morgan fingerprint density at radius 3 is 2.41 bits per heavy atom. The Labute approximate surface area is 260 Å². The molecule has 44 heavy (non-hydrogen) atoms. The molecule has 2 amide bonds. The number of aliphatic carboxylic acids is 1.